The Bertz CT molecular complexity index is 662. The van der Waals surface area contributed by atoms with Crippen molar-refractivity contribution in [2.45, 2.75) is 54.4 Å². The molecule has 0 spiro atoms. The molecule has 0 amide bonds. The molecule has 1 N–H and O–H groups in total. The van der Waals surface area contributed by atoms with Crippen LogP contribution < -0.4 is 0 Å². The van der Waals surface area contributed by atoms with Crippen LogP contribution in [0.5, 0.6) is 0 Å². The Morgan fingerprint density at radius 3 is 1.88 bits per heavy atom. The number of ether oxygens (including phenoxy) is 1. The minimum absolute atomic E-state index is 0.185. The second kappa shape index (κ2) is 6.91. The molecular formula is C21H26O2S. The number of hydrogen-bond donors (Lipinski definition) is 1. The largest absolute Gasteiger partial charge is 0.385 e. The summed E-state index contributed by atoms with van der Waals surface area (Å²) in [6, 6.07) is 17.1. The third-order valence-corrected chi connectivity index (χ3v) is 5.68. The van der Waals surface area contributed by atoms with E-state index in [1.165, 1.54) is 15.4 Å². The summed E-state index contributed by atoms with van der Waals surface area (Å²) in [6.45, 7) is 7.96. The summed E-state index contributed by atoms with van der Waals surface area (Å²) in [5.74, 6) is 0. The van der Waals surface area contributed by atoms with E-state index in [0.29, 0.717) is 26.1 Å². The van der Waals surface area contributed by atoms with E-state index >= 15 is 0 Å². The van der Waals surface area contributed by atoms with Gasteiger partial charge in [0.1, 0.15) is 0 Å². The van der Waals surface area contributed by atoms with Gasteiger partial charge in [0.05, 0.1) is 5.60 Å². The van der Waals surface area contributed by atoms with Crippen LogP contribution in [0, 0.1) is 0 Å². The quantitative estimate of drug-likeness (QED) is 0.838. The predicted molar refractivity (Wildman–Crippen MR) is 99.7 cm³/mol. The molecule has 0 unspecified atom stereocenters. The van der Waals surface area contributed by atoms with Crippen molar-refractivity contribution in [3.8, 4) is 0 Å². The van der Waals surface area contributed by atoms with Gasteiger partial charge in [0, 0.05) is 35.8 Å². The standard InChI is InChI=1S/C21H26O2S/c1-20(2,3)16-4-8-18(9-5-16)24-19-10-6-17(7-11-19)21(22)12-14-23-15-13-21/h4-11,22H,12-15H2,1-3H3. The van der Waals surface area contributed by atoms with Gasteiger partial charge in [-0.1, -0.05) is 56.8 Å². The van der Waals surface area contributed by atoms with Gasteiger partial charge in [-0.25, -0.2) is 0 Å². The maximum Gasteiger partial charge on any atom is 0.0940 e. The van der Waals surface area contributed by atoms with Crippen molar-refractivity contribution < 1.29 is 9.84 Å². The number of aliphatic hydroxyl groups is 1. The third kappa shape index (κ3) is 4.02. The van der Waals surface area contributed by atoms with Crippen molar-refractivity contribution in [3.63, 3.8) is 0 Å². The fraction of sp³-hybridized carbons (Fsp3) is 0.429. The molecule has 0 saturated carbocycles. The second-order valence-electron chi connectivity index (χ2n) is 7.54. The Kier molecular flexibility index (Phi) is 5.05. The van der Waals surface area contributed by atoms with E-state index in [1.807, 2.05) is 0 Å². The highest BCUT2D eigenvalue weighted by Crippen LogP contribution is 2.35. The first-order valence-electron chi connectivity index (χ1n) is 8.56. The van der Waals surface area contributed by atoms with Crippen molar-refractivity contribution in [2.75, 3.05) is 13.2 Å². The van der Waals surface area contributed by atoms with Crippen LogP contribution >= 0.6 is 11.8 Å². The Morgan fingerprint density at radius 2 is 1.38 bits per heavy atom. The minimum Gasteiger partial charge on any atom is -0.385 e. The molecule has 1 heterocycles. The van der Waals surface area contributed by atoms with Crippen LogP contribution in [0.15, 0.2) is 58.3 Å². The predicted octanol–water partition coefficient (Wildman–Crippen LogP) is 5.13. The van der Waals surface area contributed by atoms with Gasteiger partial charge >= 0.3 is 0 Å². The van der Waals surface area contributed by atoms with Crippen LogP contribution in [0.2, 0.25) is 0 Å². The molecule has 2 aromatic carbocycles. The molecule has 0 radical (unpaired) electrons. The molecule has 1 aliphatic heterocycles. The summed E-state index contributed by atoms with van der Waals surface area (Å²) in [7, 11) is 0. The summed E-state index contributed by atoms with van der Waals surface area (Å²) < 4.78 is 5.36. The minimum atomic E-state index is -0.726. The Balaban J connectivity index is 1.70. The molecule has 1 saturated heterocycles. The number of rotatable bonds is 3. The van der Waals surface area contributed by atoms with Gasteiger partial charge in [0.2, 0.25) is 0 Å². The summed E-state index contributed by atoms with van der Waals surface area (Å²) in [5.41, 5.74) is 1.81. The van der Waals surface area contributed by atoms with Crippen LogP contribution in [-0.2, 0) is 15.8 Å². The number of benzene rings is 2. The van der Waals surface area contributed by atoms with Crippen molar-refractivity contribution >= 4 is 11.8 Å². The zero-order valence-electron chi connectivity index (χ0n) is 14.7. The van der Waals surface area contributed by atoms with Gasteiger partial charge in [-0.15, -0.1) is 0 Å². The highest BCUT2D eigenvalue weighted by atomic mass is 32.2. The Morgan fingerprint density at radius 1 is 0.875 bits per heavy atom. The summed E-state index contributed by atoms with van der Waals surface area (Å²) in [5, 5.41) is 10.7. The molecular weight excluding hydrogens is 316 g/mol. The van der Waals surface area contributed by atoms with Crippen molar-refractivity contribution in [1.29, 1.82) is 0 Å². The monoisotopic (exact) mass is 342 g/mol. The molecule has 0 bridgehead atoms. The molecule has 128 valence electrons. The molecule has 3 heteroatoms. The van der Waals surface area contributed by atoms with E-state index in [0.717, 1.165) is 5.56 Å². The van der Waals surface area contributed by atoms with Gasteiger partial charge in [-0.3, -0.25) is 0 Å². The normalized spacial score (nSPS) is 17.7. The zero-order valence-corrected chi connectivity index (χ0v) is 15.5. The van der Waals surface area contributed by atoms with Crippen molar-refractivity contribution in [1.82, 2.24) is 0 Å². The smallest absolute Gasteiger partial charge is 0.0940 e. The van der Waals surface area contributed by atoms with E-state index < -0.39 is 5.60 Å². The first-order valence-corrected chi connectivity index (χ1v) is 9.38. The van der Waals surface area contributed by atoms with Crippen LogP contribution in [0.3, 0.4) is 0 Å². The number of hydrogen-bond acceptors (Lipinski definition) is 3. The molecule has 0 atom stereocenters. The summed E-state index contributed by atoms with van der Waals surface area (Å²) >= 11 is 1.75. The van der Waals surface area contributed by atoms with E-state index in [2.05, 4.69) is 69.3 Å². The van der Waals surface area contributed by atoms with Crippen molar-refractivity contribution in [3.05, 3.63) is 59.7 Å². The highest BCUT2D eigenvalue weighted by molar-refractivity contribution is 7.99. The first-order chi connectivity index (χ1) is 11.4. The fourth-order valence-corrected chi connectivity index (χ4v) is 3.81. The first kappa shape index (κ1) is 17.5. The summed E-state index contributed by atoms with van der Waals surface area (Å²) in [6.07, 6.45) is 1.35. The van der Waals surface area contributed by atoms with Gasteiger partial charge in [0.15, 0.2) is 0 Å². The third-order valence-electron chi connectivity index (χ3n) is 4.67. The van der Waals surface area contributed by atoms with E-state index in [9.17, 15) is 5.11 Å². The molecule has 24 heavy (non-hydrogen) atoms. The molecule has 1 fully saturated rings. The molecule has 2 aromatic rings. The van der Waals surface area contributed by atoms with Crippen LogP contribution in [-0.4, -0.2) is 18.3 Å². The van der Waals surface area contributed by atoms with Crippen LogP contribution in [0.4, 0.5) is 0 Å². The lowest BCUT2D eigenvalue weighted by Crippen LogP contribution is -2.33. The van der Waals surface area contributed by atoms with Gasteiger partial charge in [-0.2, -0.15) is 0 Å². The van der Waals surface area contributed by atoms with Crippen LogP contribution in [0.25, 0.3) is 0 Å². The SMILES string of the molecule is CC(C)(C)c1ccc(Sc2ccc(C3(O)CCOCC3)cc2)cc1. The lowest BCUT2D eigenvalue weighted by molar-refractivity contribution is -0.0679. The maximum atomic E-state index is 10.7. The van der Waals surface area contributed by atoms with Crippen LogP contribution in [0.1, 0.15) is 44.7 Å². The lowest BCUT2D eigenvalue weighted by atomic mass is 9.87. The van der Waals surface area contributed by atoms with Gasteiger partial charge in [-0.05, 0) is 40.8 Å². The fourth-order valence-electron chi connectivity index (χ4n) is 2.99. The molecule has 2 nitrogen and oxygen atoms in total. The van der Waals surface area contributed by atoms with Crippen molar-refractivity contribution in [2.24, 2.45) is 0 Å². The highest BCUT2D eigenvalue weighted by Gasteiger charge is 2.31. The summed E-state index contributed by atoms with van der Waals surface area (Å²) in [4.78, 5) is 2.43. The van der Waals surface area contributed by atoms with Gasteiger partial charge in [0.25, 0.3) is 0 Å². The Labute approximate surface area is 149 Å². The van der Waals surface area contributed by atoms with E-state index in [-0.39, 0.29) is 5.41 Å². The zero-order chi connectivity index (χ0) is 17.2. The van der Waals surface area contributed by atoms with E-state index in [1.54, 1.807) is 11.8 Å². The second-order valence-corrected chi connectivity index (χ2v) is 8.69. The van der Waals surface area contributed by atoms with Gasteiger partial charge < -0.3 is 9.84 Å². The van der Waals surface area contributed by atoms with E-state index in [4.69, 9.17) is 4.74 Å². The Hall–Kier alpha value is -1.29. The topological polar surface area (TPSA) is 29.5 Å². The average molecular weight is 343 g/mol. The molecule has 3 rings (SSSR count). The average Bonchev–Trinajstić information content (AvgIpc) is 2.56. The molecule has 0 aliphatic carbocycles. The molecule has 0 aromatic heterocycles. The lowest BCUT2D eigenvalue weighted by Gasteiger charge is -2.32. The maximum absolute atomic E-state index is 10.7. The molecule has 1 aliphatic rings.